The summed E-state index contributed by atoms with van der Waals surface area (Å²) in [7, 11) is 0. The number of carbonyl (C=O) groups excluding carboxylic acids is 1. The fraction of sp³-hybridized carbons (Fsp3) is 0.350. The highest BCUT2D eigenvalue weighted by Crippen LogP contribution is 2.31. The van der Waals surface area contributed by atoms with Gasteiger partial charge in [0.15, 0.2) is 0 Å². The molecule has 2 aromatic carbocycles. The van der Waals surface area contributed by atoms with E-state index in [0.29, 0.717) is 16.9 Å². The number of carbonyl (C=O) groups is 1. The number of hydrogen-bond acceptors (Lipinski definition) is 4. The predicted octanol–water partition coefficient (Wildman–Crippen LogP) is 4.68. The van der Waals surface area contributed by atoms with Gasteiger partial charge in [0.1, 0.15) is 11.5 Å². The van der Waals surface area contributed by atoms with E-state index in [1.807, 2.05) is 4.90 Å². The average molecular weight is 371 g/mol. The predicted molar refractivity (Wildman–Crippen MR) is 103 cm³/mol. The van der Waals surface area contributed by atoms with Crippen molar-refractivity contribution in [2.24, 2.45) is 0 Å². The number of rotatable bonds is 4. The Bertz CT molecular complexity index is 862. The van der Waals surface area contributed by atoms with Gasteiger partial charge in [-0.3, -0.25) is 14.9 Å². The van der Waals surface area contributed by atoms with Gasteiger partial charge < -0.3 is 10.2 Å². The summed E-state index contributed by atoms with van der Waals surface area (Å²) in [5, 5.41) is 14.1. The summed E-state index contributed by atoms with van der Waals surface area (Å²) in [6.45, 7) is 3.18. The van der Waals surface area contributed by atoms with E-state index in [0.717, 1.165) is 38.8 Å². The van der Waals surface area contributed by atoms with E-state index in [1.54, 1.807) is 31.2 Å². The second-order valence-electron chi connectivity index (χ2n) is 6.78. The molecular weight excluding hydrogens is 349 g/mol. The van der Waals surface area contributed by atoms with Crippen molar-refractivity contribution < 1.29 is 14.1 Å². The van der Waals surface area contributed by atoms with Gasteiger partial charge >= 0.3 is 0 Å². The Balaban J connectivity index is 1.85. The van der Waals surface area contributed by atoms with E-state index in [4.69, 9.17) is 0 Å². The number of benzene rings is 2. The minimum atomic E-state index is -0.510. The SMILES string of the molecule is Cc1ccc(NC(=O)c2ccc(N3CCCCCC3)c([N+](=O)[O-])c2)cc1F. The van der Waals surface area contributed by atoms with Crippen molar-refractivity contribution in [3.05, 3.63) is 63.5 Å². The number of anilines is 2. The third-order valence-corrected chi connectivity index (χ3v) is 4.81. The number of nitro groups is 1. The van der Waals surface area contributed by atoms with Gasteiger partial charge in [0.25, 0.3) is 11.6 Å². The first-order chi connectivity index (χ1) is 13.0. The van der Waals surface area contributed by atoms with Gasteiger partial charge in [-0.2, -0.15) is 0 Å². The van der Waals surface area contributed by atoms with E-state index in [1.165, 1.54) is 12.1 Å². The maximum absolute atomic E-state index is 13.6. The Morgan fingerprint density at radius 2 is 1.81 bits per heavy atom. The number of nitrogens with zero attached hydrogens (tertiary/aromatic N) is 2. The van der Waals surface area contributed by atoms with Gasteiger partial charge in [0.05, 0.1) is 4.92 Å². The van der Waals surface area contributed by atoms with Gasteiger partial charge in [0.2, 0.25) is 0 Å². The molecule has 0 atom stereocenters. The highest BCUT2D eigenvalue weighted by molar-refractivity contribution is 6.05. The molecule has 0 unspecified atom stereocenters. The Kier molecular flexibility index (Phi) is 5.69. The third-order valence-electron chi connectivity index (χ3n) is 4.81. The maximum Gasteiger partial charge on any atom is 0.293 e. The van der Waals surface area contributed by atoms with Gasteiger partial charge in [-0.15, -0.1) is 0 Å². The van der Waals surface area contributed by atoms with E-state index in [-0.39, 0.29) is 11.3 Å². The molecule has 0 saturated carbocycles. The summed E-state index contributed by atoms with van der Waals surface area (Å²) in [5.74, 6) is -0.931. The normalized spacial score (nSPS) is 14.5. The number of nitro benzene ring substituents is 1. The highest BCUT2D eigenvalue weighted by atomic mass is 19.1. The van der Waals surface area contributed by atoms with Crippen LogP contribution in [0.2, 0.25) is 0 Å². The van der Waals surface area contributed by atoms with Crippen molar-refractivity contribution in [3.63, 3.8) is 0 Å². The van der Waals surface area contributed by atoms with Crippen LogP contribution >= 0.6 is 0 Å². The number of amides is 1. The zero-order valence-corrected chi connectivity index (χ0v) is 15.2. The van der Waals surface area contributed by atoms with E-state index in [9.17, 15) is 19.3 Å². The molecule has 1 amide bonds. The van der Waals surface area contributed by atoms with E-state index < -0.39 is 16.6 Å². The topological polar surface area (TPSA) is 75.5 Å². The highest BCUT2D eigenvalue weighted by Gasteiger charge is 2.22. The van der Waals surface area contributed by atoms with Crippen molar-refractivity contribution in [1.29, 1.82) is 0 Å². The molecular formula is C20H22FN3O3. The minimum absolute atomic E-state index is 0.0837. The Labute approximate surface area is 157 Å². The van der Waals surface area contributed by atoms with Crippen molar-refractivity contribution in [2.75, 3.05) is 23.3 Å². The first-order valence-corrected chi connectivity index (χ1v) is 9.06. The van der Waals surface area contributed by atoms with Crippen LogP contribution in [0.5, 0.6) is 0 Å². The third kappa shape index (κ3) is 4.42. The molecule has 1 saturated heterocycles. The van der Waals surface area contributed by atoms with Gasteiger partial charge in [0, 0.05) is 30.4 Å². The molecule has 0 aliphatic carbocycles. The summed E-state index contributed by atoms with van der Waals surface area (Å²) in [5.41, 5.74) is 1.41. The van der Waals surface area contributed by atoms with Crippen LogP contribution in [0.1, 0.15) is 41.6 Å². The van der Waals surface area contributed by atoms with E-state index >= 15 is 0 Å². The molecule has 1 aliphatic heterocycles. The maximum atomic E-state index is 13.6. The van der Waals surface area contributed by atoms with Crippen molar-refractivity contribution in [1.82, 2.24) is 0 Å². The monoisotopic (exact) mass is 371 g/mol. The molecule has 1 fully saturated rings. The summed E-state index contributed by atoms with van der Waals surface area (Å²) in [4.78, 5) is 25.6. The molecule has 1 N–H and O–H groups in total. The standard InChI is InChI=1S/C20H22FN3O3/c1-14-6-8-16(13-17(14)21)22-20(25)15-7-9-18(19(12-15)24(26)27)23-10-4-2-3-5-11-23/h6-9,12-13H,2-5,10-11H2,1H3,(H,22,25). The van der Waals surface area contributed by atoms with E-state index in [2.05, 4.69) is 5.32 Å². The van der Waals surface area contributed by atoms with Crippen LogP contribution in [0.4, 0.5) is 21.5 Å². The molecule has 0 bridgehead atoms. The van der Waals surface area contributed by atoms with Crippen molar-refractivity contribution in [3.8, 4) is 0 Å². The second kappa shape index (κ2) is 8.16. The molecule has 1 heterocycles. The van der Waals surface area contributed by atoms with Crippen LogP contribution in [0.15, 0.2) is 36.4 Å². The van der Waals surface area contributed by atoms with Crippen LogP contribution in [0, 0.1) is 22.9 Å². The zero-order valence-electron chi connectivity index (χ0n) is 15.2. The fourth-order valence-corrected chi connectivity index (χ4v) is 3.26. The first-order valence-electron chi connectivity index (χ1n) is 9.06. The summed E-state index contributed by atoms with van der Waals surface area (Å²) < 4.78 is 13.6. The molecule has 6 nitrogen and oxygen atoms in total. The lowest BCUT2D eigenvalue weighted by Crippen LogP contribution is -2.25. The Morgan fingerprint density at radius 3 is 2.44 bits per heavy atom. The van der Waals surface area contributed by atoms with Crippen LogP contribution < -0.4 is 10.2 Å². The molecule has 1 aliphatic rings. The number of nitrogens with one attached hydrogen (secondary N) is 1. The van der Waals surface area contributed by atoms with Crippen LogP contribution in [-0.4, -0.2) is 23.9 Å². The summed E-state index contributed by atoms with van der Waals surface area (Å²) in [6.07, 6.45) is 4.24. The second-order valence-corrected chi connectivity index (χ2v) is 6.78. The lowest BCUT2D eigenvalue weighted by atomic mass is 10.1. The lowest BCUT2D eigenvalue weighted by Gasteiger charge is -2.22. The average Bonchev–Trinajstić information content (AvgIpc) is 2.93. The quantitative estimate of drug-likeness (QED) is 0.626. The van der Waals surface area contributed by atoms with Crippen molar-refractivity contribution >= 4 is 23.0 Å². The molecule has 3 rings (SSSR count). The van der Waals surface area contributed by atoms with Crippen LogP contribution in [0.3, 0.4) is 0 Å². The molecule has 0 radical (unpaired) electrons. The van der Waals surface area contributed by atoms with Gasteiger partial charge in [-0.25, -0.2) is 4.39 Å². The van der Waals surface area contributed by atoms with Crippen LogP contribution in [0.25, 0.3) is 0 Å². The van der Waals surface area contributed by atoms with Gasteiger partial charge in [-0.05, 0) is 49.6 Å². The lowest BCUT2D eigenvalue weighted by molar-refractivity contribution is -0.384. The molecule has 0 aromatic heterocycles. The number of hydrogen-bond donors (Lipinski definition) is 1. The minimum Gasteiger partial charge on any atom is -0.366 e. The molecule has 27 heavy (non-hydrogen) atoms. The fourth-order valence-electron chi connectivity index (χ4n) is 3.26. The largest absolute Gasteiger partial charge is 0.366 e. The smallest absolute Gasteiger partial charge is 0.293 e. The number of aryl methyl sites for hydroxylation is 1. The first kappa shape index (κ1) is 18.8. The Hall–Kier alpha value is -2.96. The summed E-state index contributed by atoms with van der Waals surface area (Å²) in [6, 6.07) is 8.89. The molecule has 2 aromatic rings. The number of halogens is 1. The van der Waals surface area contributed by atoms with Crippen molar-refractivity contribution in [2.45, 2.75) is 32.6 Å². The van der Waals surface area contributed by atoms with Gasteiger partial charge in [-0.1, -0.05) is 18.9 Å². The molecule has 7 heteroatoms. The molecule has 142 valence electrons. The molecule has 0 spiro atoms. The summed E-state index contributed by atoms with van der Waals surface area (Å²) >= 11 is 0. The Morgan fingerprint density at radius 1 is 1.11 bits per heavy atom. The zero-order chi connectivity index (χ0) is 19.4. The van der Waals surface area contributed by atoms with Crippen LogP contribution in [-0.2, 0) is 0 Å².